The minimum Gasteiger partial charge on any atom is -0.476 e. The summed E-state index contributed by atoms with van der Waals surface area (Å²) in [5.41, 5.74) is 2.13. The second-order valence-corrected chi connectivity index (χ2v) is 11.0. The van der Waals surface area contributed by atoms with Crippen molar-refractivity contribution in [3.05, 3.63) is 56.6 Å². The maximum atomic E-state index is 13.5. The lowest BCUT2D eigenvalue weighted by molar-refractivity contribution is 0.0691. The van der Waals surface area contributed by atoms with Gasteiger partial charge in [0.2, 0.25) is 5.95 Å². The Labute approximate surface area is 230 Å². The first kappa shape index (κ1) is 26.7. The lowest BCUT2D eigenvalue weighted by Gasteiger charge is -2.25. The number of hydrogen-bond acceptors (Lipinski definition) is 8. The molecule has 2 aromatic heterocycles. The van der Waals surface area contributed by atoms with Crippen LogP contribution in [-0.2, 0) is 11.8 Å². The van der Waals surface area contributed by atoms with Crippen molar-refractivity contribution in [3.8, 4) is 0 Å². The summed E-state index contributed by atoms with van der Waals surface area (Å²) in [6, 6.07) is 6.46. The number of carboxylic acid groups (broad SMARTS) is 1. The Hall–Kier alpha value is -3.86. The summed E-state index contributed by atoms with van der Waals surface area (Å²) in [7, 11) is 1.71. The van der Waals surface area contributed by atoms with E-state index < -0.39 is 18.1 Å². The van der Waals surface area contributed by atoms with Crippen LogP contribution in [0.4, 0.5) is 16.4 Å². The number of anilines is 2. The van der Waals surface area contributed by atoms with Crippen LogP contribution in [0.25, 0.3) is 10.9 Å². The minimum absolute atomic E-state index is 0.00491. The third-order valence-corrected chi connectivity index (χ3v) is 7.49. The monoisotopic (exact) mass is 554 g/mol. The molecular formula is C27H31ClN6O5. The smallest absolute Gasteiger partial charge is 0.407 e. The zero-order valence-corrected chi connectivity index (χ0v) is 23.1. The Morgan fingerprint density at radius 1 is 1.15 bits per heavy atom. The Bertz CT molecular complexity index is 1530. The molecule has 39 heavy (non-hydrogen) atoms. The fourth-order valence-electron chi connectivity index (χ4n) is 5.38. The number of ether oxygens (including phenoxy) is 1. The lowest BCUT2D eigenvalue weighted by atomic mass is 10.0. The first-order chi connectivity index (χ1) is 18.4. The van der Waals surface area contributed by atoms with E-state index in [1.165, 1.54) is 6.07 Å². The zero-order valence-electron chi connectivity index (χ0n) is 22.4. The van der Waals surface area contributed by atoms with Crippen molar-refractivity contribution >= 4 is 46.2 Å². The average molecular weight is 555 g/mol. The van der Waals surface area contributed by atoms with Gasteiger partial charge in [0, 0.05) is 43.6 Å². The summed E-state index contributed by atoms with van der Waals surface area (Å²) < 4.78 is 7.13. The van der Waals surface area contributed by atoms with E-state index in [0.29, 0.717) is 35.6 Å². The van der Waals surface area contributed by atoms with Crippen molar-refractivity contribution in [1.82, 2.24) is 19.9 Å². The fraction of sp³-hybridized carbons (Fsp3) is 0.444. The third kappa shape index (κ3) is 5.10. The molecule has 2 aliphatic rings. The summed E-state index contributed by atoms with van der Waals surface area (Å²) in [4.78, 5) is 48.2. The Morgan fingerprint density at radius 3 is 2.49 bits per heavy atom. The second-order valence-electron chi connectivity index (χ2n) is 10.6. The van der Waals surface area contributed by atoms with Crippen LogP contribution in [0.1, 0.15) is 48.4 Å². The van der Waals surface area contributed by atoms with Crippen LogP contribution in [0.5, 0.6) is 0 Å². The number of alkyl carbamates (subject to hydrolysis) is 1. The van der Waals surface area contributed by atoms with E-state index in [1.54, 1.807) is 17.7 Å². The highest BCUT2D eigenvalue weighted by Crippen LogP contribution is 2.48. The number of fused-ring (bicyclic) bond motifs is 2. The maximum Gasteiger partial charge on any atom is 0.407 e. The standard InChI is InChI=1S/C27H31ClN6O5/c1-12(2)29-27(38)39-23-17-10-34(11-18(17)23)26-32-21-15(8-13(3)9-16(21)24(35)33(26)5)14(4)30-19-6-7-20(28)31-22(19)25(36)37/h6-9,12,14,17-18,23,30H,10-11H2,1-5H3,(H,29,38)(H,36,37)/t14?,17-,18+,23?. The molecule has 1 aromatic carbocycles. The Balaban J connectivity index is 1.44. The number of rotatable bonds is 7. The topological polar surface area (TPSA) is 139 Å². The van der Waals surface area contributed by atoms with Crippen LogP contribution in [0.3, 0.4) is 0 Å². The molecule has 2 unspecified atom stereocenters. The number of benzene rings is 1. The molecule has 1 aliphatic heterocycles. The first-order valence-electron chi connectivity index (χ1n) is 12.8. The largest absolute Gasteiger partial charge is 0.476 e. The van der Waals surface area contributed by atoms with Gasteiger partial charge in [-0.25, -0.2) is 19.6 Å². The van der Waals surface area contributed by atoms with Gasteiger partial charge in [-0.2, -0.15) is 0 Å². The number of carbonyl (C=O) groups is 2. The van der Waals surface area contributed by atoms with Crippen molar-refractivity contribution in [2.24, 2.45) is 18.9 Å². The normalized spacial score (nSPS) is 20.6. The predicted molar refractivity (Wildman–Crippen MR) is 148 cm³/mol. The molecule has 1 saturated heterocycles. The van der Waals surface area contributed by atoms with Gasteiger partial charge in [0.25, 0.3) is 5.56 Å². The highest BCUT2D eigenvalue weighted by Gasteiger charge is 2.59. The molecule has 11 nitrogen and oxygen atoms in total. The molecule has 2 fully saturated rings. The number of aromatic nitrogens is 3. The number of nitrogens with zero attached hydrogens (tertiary/aromatic N) is 4. The van der Waals surface area contributed by atoms with Crippen molar-refractivity contribution in [1.29, 1.82) is 0 Å². The molecule has 3 heterocycles. The summed E-state index contributed by atoms with van der Waals surface area (Å²) in [5, 5.41) is 16.1. The Kier molecular flexibility index (Phi) is 6.88. The minimum atomic E-state index is -1.20. The van der Waals surface area contributed by atoms with Crippen LogP contribution in [-0.4, -0.2) is 56.9 Å². The van der Waals surface area contributed by atoms with Crippen molar-refractivity contribution in [2.45, 2.75) is 45.9 Å². The van der Waals surface area contributed by atoms with E-state index in [2.05, 4.69) is 20.5 Å². The number of aryl methyl sites for hydroxylation is 1. The SMILES string of the molecule is Cc1cc(C(C)Nc2ccc(Cl)nc2C(=O)O)c2nc(N3C[C@@H]4C(OC(=O)NC(C)C)[C@@H]4C3)n(C)c(=O)c2c1. The second kappa shape index (κ2) is 10.0. The van der Waals surface area contributed by atoms with Crippen LogP contribution in [0, 0.1) is 18.8 Å². The number of aromatic carboxylic acids is 1. The van der Waals surface area contributed by atoms with E-state index in [0.717, 1.165) is 11.1 Å². The molecule has 12 heteroatoms. The van der Waals surface area contributed by atoms with Gasteiger partial charge in [0.05, 0.1) is 22.6 Å². The molecule has 1 saturated carbocycles. The number of piperidine rings is 1. The number of carbonyl (C=O) groups excluding carboxylic acids is 1. The van der Waals surface area contributed by atoms with Crippen LogP contribution in [0.2, 0.25) is 5.15 Å². The van der Waals surface area contributed by atoms with E-state index >= 15 is 0 Å². The summed E-state index contributed by atoms with van der Waals surface area (Å²) in [5.74, 6) is -0.269. The van der Waals surface area contributed by atoms with E-state index in [1.807, 2.05) is 39.8 Å². The van der Waals surface area contributed by atoms with Crippen molar-refractivity contribution in [2.75, 3.05) is 23.3 Å². The number of nitrogens with one attached hydrogen (secondary N) is 2. The van der Waals surface area contributed by atoms with E-state index in [9.17, 15) is 19.5 Å². The van der Waals surface area contributed by atoms with Crippen molar-refractivity contribution in [3.63, 3.8) is 0 Å². The molecule has 3 aromatic rings. The lowest BCUT2D eigenvalue weighted by Crippen LogP contribution is -2.36. The molecule has 1 aliphatic carbocycles. The van der Waals surface area contributed by atoms with Gasteiger partial charge < -0.3 is 25.4 Å². The molecule has 4 atom stereocenters. The van der Waals surface area contributed by atoms with E-state index in [4.69, 9.17) is 21.3 Å². The fourth-order valence-corrected chi connectivity index (χ4v) is 5.53. The molecule has 5 rings (SSSR count). The average Bonchev–Trinajstić information content (AvgIpc) is 3.28. The highest BCUT2D eigenvalue weighted by atomic mass is 35.5. The molecule has 1 amide bonds. The molecule has 0 spiro atoms. The number of carboxylic acids is 1. The predicted octanol–water partition coefficient (Wildman–Crippen LogP) is 3.73. The molecular weight excluding hydrogens is 524 g/mol. The van der Waals surface area contributed by atoms with Gasteiger partial charge in [-0.1, -0.05) is 17.7 Å². The third-order valence-electron chi connectivity index (χ3n) is 7.28. The van der Waals surface area contributed by atoms with E-state index in [-0.39, 0.29) is 40.4 Å². The molecule has 0 radical (unpaired) electrons. The Morgan fingerprint density at radius 2 is 1.85 bits per heavy atom. The van der Waals surface area contributed by atoms with Crippen LogP contribution in [0.15, 0.2) is 29.1 Å². The number of halogens is 1. The maximum absolute atomic E-state index is 13.5. The summed E-state index contributed by atoms with van der Waals surface area (Å²) >= 11 is 5.91. The molecule has 3 N–H and O–H groups in total. The van der Waals surface area contributed by atoms with Gasteiger partial charge in [0.15, 0.2) is 5.69 Å². The first-order valence-corrected chi connectivity index (χ1v) is 13.2. The van der Waals surface area contributed by atoms with Gasteiger partial charge in [0.1, 0.15) is 11.3 Å². The van der Waals surface area contributed by atoms with Crippen LogP contribution < -0.4 is 21.1 Å². The molecule has 0 bridgehead atoms. The summed E-state index contributed by atoms with van der Waals surface area (Å²) in [6.07, 6.45) is -0.535. The quantitative estimate of drug-likeness (QED) is 0.373. The van der Waals surface area contributed by atoms with Gasteiger partial charge in [-0.3, -0.25) is 9.36 Å². The van der Waals surface area contributed by atoms with Crippen LogP contribution >= 0.6 is 11.6 Å². The van der Waals surface area contributed by atoms with Gasteiger partial charge >= 0.3 is 12.1 Å². The van der Waals surface area contributed by atoms with Gasteiger partial charge in [-0.15, -0.1) is 0 Å². The molecule has 206 valence electrons. The highest BCUT2D eigenvalue weighted by molar-refractivity contribution is 6.29. The zero-order chi connectivity index (χ0) is 28.2. The number of amides is 1. The number of pyridine rings is 1. The van der Waals surface area contributed by atoms with Gasteiger partial charge in [-0.05, 0) is 51.5 Å². The summed E-state index contributed by atoms with van der Waals surface area (Å²) in [6.45, 7) is 8.80. The number of hydrogen-bond donors (Lipinski definition) is 3. The van der Waals surface area contributed by atoms with Crippen molar-refractivity contribution < 1.29 is 19.4 Å².